The molecule has 1 aliphatic rings. The van der Waals surface area contributed by atoms with E-state index >= 15 is 0 Å². The van der Waals surface area contributed by atoms with E-state index in [1.165, 1.54) is 17.7 Å². The lowest BCUT2D eigenvalue weighted by Gasteiger charge is -2.29. The van der Waals surface area contributed by atoms with Gasteiger partial charge in [0.25, 0.3) is 0 Å². The molecular weight excluding hydrogens is 146 g/mol. The summed E-state index contributed by atoms with van der Waals surface area (Å²) in [5.41, 5.74) is 2.56. The highest BCUT2D eigenvalue weighted by Gasteiger charge is 2.12. The van der Waals surface area contributed by atoms with Crippen LogP contribution in [-0.4, -0.2) is 18.5 Å². The molecule has 0 atom stereocenters. The monoisotopic (exact) mass is 163 g/mol. The highest BCUT2D eigenvalue weighted by molar-refractivity contribution is 5.31. The van der Waals surface area contributed by atoms with E-state index in [1.54, 1.807) is 0 Å². The Hall–Kier alpha value is -0.980. The first-order valence-electron chi connectivity index (χ1n) is 4.48. The first-order valence-corrected chi connectivity index (χ1v) is 4.48. The Labute approximate surface area is 75.1 Å². The van der Waals surface area contributed by atoms with Gasteiger partial charge in [-0.1, -0.05) is 18.7 Å². The third-order valence-corrected chi connectivity index (χ3v) is 2.19. The summed E-state index contributed by atoms with van der Waals surface area (Å²) in [6.45, 7) is 7.24. The Kier molecular flexibility index (Phi) is 3.15. The number of hydrogen-bond acceptors (Lipinski definition) is 1. The zero-order valence-electron chi connectivity index (χ0n) is 8.01. The van der Waals surface area contributed by atoms with Crippen LogP contribution in [0.5, 0.6) is 0 Å². The van der Waals surface area contributed by atoms with Crippen molar-refractivity contribution >= 4 is 0 Å². The molecule has 0 aromatic carbocycles. The van der Waals surface area contributed by atoms with Crippen molar-refractivity contribution in [1.29, 1.82) is 0 Å². The van der Waals surface area contributed by atoms with Gasteiger partial charge in [0.05, 0.1) is 0 Å². The van der Waals surface area contributed by atoms with Gasteiger partial charge < -0.3 is 4.90 Å². The van der Waals surface area contributed by atoms with Gasteiger partial charge in [0, 0.05) is 19.3 Å². The molecule has 1 rings (SSSR count). The molecule has 1 fully saturated rings. The highest BCUT2D eigenvalue weighted by atomic mass is 15.1. The predicted octanol–water partition coefficient (Wildman–Crippen LogP) is 2.73. The Morgan fingerprint density at radius 3 is 2.83 bits per heavy atom. The molecule has 0 aromatic rings. The van der Waals surface area contributed by atoms with Gasteiger partial charge in [0.15, 0.2) is 0 Å². The van der Waals surface area contributed by atoms with Crippen molar-refractivity contribution in [1.82, 2.24) is 4.90 Å². The van der Waals surface area contributed by atoms with Gasteiger partial charge in [-0.2, -0.15) is 0 Å². The van der Waals surface area contributed by atoms with E-state index in [9.17, 15) is 0 Å². The van der Waals surface area contributed by atoms with Crippen LogP contribution in [-0.2, 0) is 0 Å². The van der Waals surface area contributed by atoms with Crippen molar-refractivity contribution in [3.63, 3.8) is 0 Å². The van der Waals surface area contributed by atoms with Crippen LogP contribution in [0.1, 0.15) is 19.8 Å². The molecule has 1 aliphatic heterocycles. The average molecular weight is 163 g/mol. The van der Waals surface area contributed by atoms with Crippen molar-refractivity contribution in [2.24, 2.45) is 0 Å². The van der Waals surface area contributed by atoms with Crippen molar-refractivity contribution in [3.05, 3.63) is 36.1 Å². The molecule has 0 saturated carbocycles. The maximum Gasteiger partial charge on any atom is 0.0390 e. The topological polar surface area (TPSA) is 3.24 Å². The average Bonchev–Trinajstić information content (AvgIpc) is 2.04. The van der Waals surface area contributed by atoms with Gasteiger partial charge in [-0.25, -0.2) is 0 Å². The SMILES string of the molecule is C=C1CCCN(C)/C1=C/C=C\C. The van der Waals surface area contributed by atoms with E-state index in [4.69, 9.17) is 0 Å². The first kappa shape index (κ1) is 9.11. The Bertz CT molecular complexity index is 223. The summed E-state index contributed by atoms with van der Waals surface area (Å²) >= 11 is 0. The summed E-state index contributed by atoms with van der Waals surface area (Å²) in [5, 5.41) is 0. The van der Waals surface area contributed by atoms with Gasteiger partial charge in [-0.05, 0) is 31.4 Å². The number of likely N-dealkylation sites (tertiary alicyclic amines) is 1. The highest BCUT2D eigenvalue weighted by Crippen LogP contribution is 2.22. The van der Waals surface area contributed by atoms with Crippen molar-refractivity contribution in [2.75, 3.05) is 13.6 Å². The summed E-state index contributed by atoms with van der Waals surface area (Å²) < 4.78 is 0. The van der Waals surface area contributed by atoms with Gasteiger partial charge in [0.1, 0.15) is 0 Å². The summed E-state index contributed by atoms with van der Waals surface area (Å²) in [6.07, 6.45) is 8.64. The largest absolute Gasteiger partial charge is 0.374 e. The Morgan fingerprint density at radius 1 is 1.50 bits per heavy atom. The summed E-state index contributed by atoms with van der Waals surface area (Å²) in [6, 6.07) is 0. The maximum absolute atomic E-state index is 4.06. The lowest BCUT2D eigenvalue weighted by atomic mass is 10.0. The minimum absolute atomic E-state index is 1.15. The predicted molar refractivity (Wildman–Crippen MR) is 53.9 cm³/mol. The molecule has 1 nitrogen and oxygen atoms in total. The lowest BCUT2D eigenvalue weighted by Crippen LogP contribution is -2.24. The number of likely N-dealkylation sites (N-methyl/N-ethyl adjacent to an activating group) is 1. The van der Waals surface area contributed by atoms with Gasteiger partial charge in [0.2, 0.25) is 0 Å². The molecule has 0 spiro atoms. The van der Waals surface area contributed by atoms with Crippen LogP contribution in [0, 0.1) is 0 Å². The van der Waals surface area contributed by atoms with Crippen LogP contribution in [0.3, 0.4) is 0 Å². The summed E-state index contributed by atoms with van der Waals surface area (Å²) in [7, 11) is 2.12. The molecule has 0 aliphatic carbocycles. The molecule has 0 radical (unpaired) electrons. The summed E-state index contributed by atoms with van der Waals surface area (Å²) in [4.78, 5) is 2.27. The minimum atomic E-state index is 1.15. The molecule has 0 aromatic heterocycles. The smallest absolute Gasteiger partial charge is 0.0390 e. The van der Waals surface area contributed by atoms with Crippen molar-refractivity contribution < 1.29 is 0 Å². The number of piperidine rings is 1. The quantitative estimate of drug-likeness (QED) is 0.574. The number of hydrogen-bond donors (Lipinski definition) is 0. The number of rotatable bonds is 1. The molecular formula is C11H17N. The van der Waals surface area contributed by atoms with Crippen LogP contribution >= 0.6 is 0 Å². The zero-order chi connectivity index (χ0) is 8.97. The molecule has 12 heavy (non-hydrogen) atoms. The summed E-state index contributed by atoms with van der Waals surface area (Å²) in [5.74, 6) is 0. The van der Waals surface area contributed by atoms with Crippen LogP contribution in [0.15, 0.2) is 36.1 Å². The van der Waals surface area contributed by atoms with Crippen molar-refractivity contribution in [3.8, 4) is 0 Å². The standard InChI is InChI=1S/C11H17N/c1-4-5-8-11-10(2)7-6-9-12(11)3/h4-5,8H,2,6-7,9H2,1,3H3/b5-4-,11-8+. The molecule has 1 heteroatoms. The van der Waals surface area contributed by atoms with Crippen LogP contribution < -0.4 is 0 Å². The first-order chi connectivity index (χ1) is 5.75. The van der Waals surface area contributed by atoms with Gasteiger partial charge in [-0.3, -0.25) is 0 Å². The van der Waals surface area contributed by atoms with E-state index in [1.807, 2.05) is 13.0 Å². The fourth-order valence-corrected chi connectivity index (χ4v) is 1.48. The zero-order valence-corrected chi connectivity index (χ0v) is 8.01. The number of allylic oxidation sites excluding steroid dienone is 4. The Balaban J connectivity index is 2.75. The molecule has 0 amide bonds. The van der Waals surface area contributed by atoms with E-state index in [2.05, 4.69) is 30.7 Å². The Morgan fingerprint density at radius 2 is 2.25 bits per heavy atom. The fraction of sp³-hybridized carbons (Fsp3) is 0.455. The van der Waals surface area contributed by atoms with E-state index in [-0.39, 0.29) is 0 Å². The molecule has 0 bridgehead atoms. The minimum Gasteiger partial charge on any atom is -0.374 e. The molecule has 0 unspecified atom stereocenters. The second-order valence-electron chi connectivity index (χ2n) is 3.21. The second-order valence-corrected chi connectivity index (χ2v) is 3.21. The third kappa shape index (κ3) is 2.00. The van der Waals surface area contributed by atoms with Crippen LogP contribution in [0.2, 0.25) is 0 Å². The third-order valence-electron chi connectivity index (χ3n) is 2.19. The van der Waals surface area contributed by atoms with Crippen LogP contribution in [0.25, 0.3) is 0 Å². The molecule has 66 valence electrons. The normalized spacial score (nSPS) is 22.7. The van der Waals surface area contributed by atoms with E-state index in [0.29, 0.717) is 0 Å². The van der Waals surface area contributed by atoms with E-state index in [0.717, 1.165) is 13.0 Å². The number of nitrogens with zero attached hydrogens (tertiary/aromatic N) is 1. The lowest BCUT2D eigenvalue weighted by molar-refractivity contribution is 0.385. The second kappa shape index (κ2) is 4.15. The van der Waals surface area contributed by atoms with E-state index < -0.39 is 0 Å². The van der Waals surface area contributed by atoms with Gasteiger partial charge in [-0.15, -0.1) is 0 Å². The van der Waals surface area contributed by atoms with Crippen LogP contribution in [0.4, 0.5) is 0 Å². The molecule has 0 N–H and O–H groups in total. The molecule has 1 saturated heterocycles. The molecule has 1 heterocycles. The van der Waals surface area contributed by atoms with Crippen molar-refractivity contribution in [2.45, 2.75) is 19.8 Å². The maximum atomic E-state index is 4.06. The van der Waals surface area contributed by atoms with Gasteiger partial charge >= 0.3 is 0 Å². The fourth-order valence-electron chi connectivity index (χ4n) is 1.48.